The van der Waals surface area contributed by atoms with E-state index in [0.29, 0.717) is 22.8 Å². The molecule has 3 heterocycles. The van der Waals surface area contributed by atoms with Gasteiger partial charge in [-0.25, -0.2) is 15.0 Å². The van der Waals surface area contributed by atoms with Gasteiger partial charge in [0.05, 0.1) is 8.22 Å². The van der Waals surface area contributed by atoms with E-state index in [1.165, 1.54) is 10.1 Å². The first kappa shape index (κ1) is 19.5. The number of hydrogen-bond acceptors (Lipinski definition) is 5. The minimum absolute atomic E-state index is 0.0182. The van der Waals surface area contributed by atoms with Crippen LogP contribution in [-0.4, -0.2) is 15.0 Å². The molecule has 4 nitrogen and oxygen atoms in total. The lowest BCUT2D eigenvalue weighted by Gasteiger charge is -2.08. The third-order valence-corrected chi connectivity index (χ3v) is 8.79. The van der Waals surface area contributed by atoms with Gasteiger partial charge >= 0.3 is 0 Å². The fourth-order valence-electron chi connectivity index (χ4n) is 5.53. The number of rotatable bonds is 4. The Balaban J connectivity index is 1.32. The van der Waals surface area contributed by atoms with Crippen molar-refractivity contribution in [3.63, 3.8) is 0 Å². The molecule has 0 aliphatic heterocycles. The lowest BCUT2D eigenvalue weighted by molar-refractivity contribution is 0.670. The molecule has 0 amide bonds. The van der Waals surface area contributed by atoms with Crippen molar-refractivity contribution in [2.75, 3.05) is 0 Å². The average Bonchev–Trinajstić information content (AvgIpc) is 3.73. The Bertz CT molecular complexity index is 2840. The average molecular weight is 588 g/mol. The Kier molecular flexibility index (Phi) is 4.42. The van der Waals surface area contributed by atoms with E-state index < -0.39 is 0 Å². The van der Waals surface area contributed by atoms with Crippen molar-refractivity contribution in [1.29, 1.82) is 0 Å². The lowest BCUT2D eigenvalue weighted by Crippen LogP contribution is -2.00. The van der Waals surface area contributed by atoms with Gasteiger partial charge in [0, 0.05) is 53.2 Å². The first-order valence-corrected chi connectivity index (χ1v) is 14.9. The number of para-hydroxylation sites is 1. The van der Waals surface area contributed by atoms with E-state index in [1.807, 2.05) is 66.7 Å². The van der Waals surface area contributed by atoms with Crippen molar-refractivity contribution in [1.82, 2.24) is 15.0 Å². The van der Waals surface area contributed by atoms with Crippen LogP contribution in [0.4, 0.5) is 0 Å². The highest BCUT2D eigenvalue weighted by Gasteiger charge is 2.17. The van der Waals surface area contributed by atoms with Crippen LogP contribution in [0.3, 0.4) is 0 Å². The second-order valence-corrected chi connectivity index (χ2v) is 11.4. The summed E-state index contributed by atoms with van der Waals surface area (Å²) in [5, 5.41) is 2.48. The van der Waals surface area contributed by atoms with E-state index in [2.05, 4.69) is 12.1 Å². The number of nitrogens with zero attached hydrogens (tertiary/aromatic N) is 3. The molecule has 9 aromatic rings. The summed E-state index contributed by atoms with van der Waals surface area (Å²) in [6.07, 6.45) is 0. The summed E-state index contributed by atoms with van der Waals surface area (Å²) in [5.74, 6) is 0.725. The van der Waals surface area contributed by atoms with Crippen LogP contribution >= 0.6 is 11.3 Å². The largest absolute Gasteiger partial charge is 0.455 e. The maximum atomic E-state index is 9.37. The molecular weight excluding hydrogens is 559 g/mol. The monoisotopic (exact) mass is 587 g/mol. The van der Waals surface area contributed by atoms with Crippen molar-refractivity contribution in [2.24, 2.45) is 0 Å². The Hall–Kier alpha value is -5.65. The fourth-order valence-corrected chi connectivity index (χ4v) is 6.68. The quantitative estimate of drug-likeness (QED) is 0.205. The van der Waals surface area contributed by atoms with Gasteiger partial charge in [-0.15, -0.1) is 11.3 Å². The maximum absolute atomic E-state index is 9.37. The highest BCUT2D eigenvalue weighted by molar-refractivity contribution is 7.25. The summed E-state index contributed by atoms with van der Waals surface area (Å²) < 4.78 is 62.3. The normalized spacial score (nSPS) is 13.5. The number of fused-ring (bicyclic) bond motifs is 6. The summed E-state index contributed by atoms with van der Waals surface area (Å²) >= 11 is 1.67. The number of furan rings is 1. The minimum Gasteiger partial charge on any atom is -0.455 e. The van der Waals surface area contributed by atoms with Crippen LogP contribution in [0.5, 0.6) is 0 Å². The number of hydrogen-bond donors (Lipinski definition) is 0. The van der Waals surface area contributed by atoms with Gasteiger partial charge in [0.15, 0.2) is 17.5 Å². The molecule has 0 spiro atoms. The molecule has 0 atom stereocenters. The summed E-state index contributed by atoms with van der Waals surface area (Å²) in [7, 11) is 0. The van der Waals surface area contributed by atoms with Gasteiger partial charge in [0.1, 0.15) is 11.2 Å². The Morgan fingerprint density at radius 2 is 1.20 bits per heavy atom. The molecule has 206 valence electrons. The lowest BCUT2D eigenvalue weighted by atomic mass is 10.0. The second kappa shape index (κ2) is 9.97. The molecule has 9 rings (SSSR count). The Morgan fingerprint density at radius 3 is 2.02 bits per heavy atom. The molecule has 0 fully saturated rings. The molecule has 0 aliphatic rings. The predicted octanol–water partition coefficient (Wildman–Crippen LogP) is 10.8. The molecular formula is C39H23N3OS. The molecule has 0 saturated carbocycles. The standard InChI is InChI=1S/C39H23N3OS/c1-3-10-24(11-4-1)28-15-9-16-32-29-20-18-26(22-33(29)43-36(28)32)38-40-37(25-12-5-2-6-13-25)41-39(42-38)27-19-21-31-30-14-7-8-17-34(30)44-35(31)23-27/h1-23H/i9D,15D,16D,18D,20D,22D. The first-order valence-electron chi connectivity index (χ1n) is 17.0. The summed E-state index contributed by atoms with van der Waals surface area (Å²) in [5.41, 5.74) is 2.40. The molecule has 0 unspecified atom stereocenters. The third kappa shape index (κ3) is 4.09. The third-order valence-electron chi connectivity index (χ3n) is 7.65. The molecule has 5 heteroatoms. The first-order chi connectivity index (χ1) is 24.3. The summed E-state index contributed by atoms with van der Waals surface area (Å²) in [6, 6.07) is 31.0. The highest BCUT2D eigenvalue weighted by atomic mass is 32.1. The van der Waals surface area contributed by atoms with Gasteiger partial charge in [0.25, 0.3) is 0 Å². The molecule has 0 bridgehead atoms. The van der Waals surface area contributed by atoms with Gasteiger partial charge in [0.2, 0.25) is 0 Å². The minimum atomic E-state index is -0.328. The van der Waals surface area contributed by atoms with Crippen LogP contribution < -0.4 is 0 Å². The van der Waals surface area contributed by atoms with Crippen LogP contribution in [0.25, 0.3) is 87.4 Å². The van der Waals surface area contributed by atoms with Crippen LogP contribution in [0.1, 0.15) is 8.22 Å². The van der Waals surface area contributed by atoms with Crippen LogP contribution in [-0.2, 0) is 0 Å². The van der Waals surface area contributed by atoms with Gasteiger partial charge in [-0.3, -0.25) is 0 Å². The second-order valence-electron chi connectivity index (χ2n) is 10.4. The van der Waals surface area contributed by atoms with Crippen molar-refractivity contribution in [3.05, 3.63) is 139 Å². The summed E-state index contributed by atoms with van der Waals surface area (Å²) in [4.78, 5) is 14.4. The van der Waals surface area contributed by atoms with Crippen molar-refractivity contribution in [3.8, 4) is 45.3 Å². The molecule has 0 aliphatic carbocycles. The van der Waals surface area contributed by atoms with E-state index in [-0.39, 0.29) is 75.1 Å². The zero-order valence-corrected chi connectivity index (χ0v) is 23.8. The van der Waals surface area contributed by atoms with Gasteiger partial charge in [-0.1, -0.05) is 115 Å². The molecule has 6 aromatic carbocycles. The van der Waals surface area contributed by atoms with E-state index in [9.17, 15) is 2.74 Å². The number of aromatic nitrogens is 3. The molecule has 0 radical (unpaired) electrons. The molecule has 3 aromatic heterocycles. The van der Waals surface area contributed by atoms with Crippen LogP contribution in [0, 0.1) is 0 Å². The van der Waals surface area contributed by atoms with Crippen molar-refractivity contribution in [2.45, 2.75) is 0 Å². The van der Waals surface area contributed by atoms with Crippen LogP contribution in [0.2, 0.25) is 0 Å². The summed E-state index contributed by atoms with van der Waals surface area (Å²) in [6.45, 7) is 0. The predicted molar refractivity (Wildman–Crippen MR) is 182 cm³/mol. The van der Waals surface area contributed by atoms with Gasteiger partial charge in [-0.05, 0) is 29.8 Å². The van der Waals surface area contributed by atoms with Crippen molar-refractivity contribution < 1.29 is 12.6 Å². The van der Waals surface area contributed by atoms with Crippen molar-refractivity contribution >= 4 is 53.4 Å². The zero-order chi connectivity index (χ0) is 34.3. The molecule has 44 heavy (non-hydrogen) atoms. The van der Waals surface area contributed by atoms with E-state index in [1.54, 1.807) is 35.6 Å². The van der Waals surface area contributed by atoms with Gasteiger partial charge in [-0.2, -0.15) is 0 Å². The van der Waals surface area contributed by atoms with Crippen LogP contribution in [0.15, 0.2) is 144 Å². The molecule has 0 N–H and O–H groups in total. The smallest absolute Gasteiger partial charge is 0.164 e. The maximum Gasteiger partial charge on any atom is 0.164 e. The Labute approximate surface area is 265 Å². The fraction of sp³-hybridized carbons (Fsp3) is 0. The molecule has 0 saturated heterocycles. The Morgan fingerprint density at radius 1 is 0.523 bits per heavy atom. The van der Waals surface area contributed by atoms with E-state index in [4.69, 9.17) is 24.9 Å². The van der Waals surface area contributed by atoms with E-state index >= 15 is 0 Å². The number of benzene rings is 6. The number of thiophene rings is 1. The van der Waals surface area contributed by atoms with Gasteiger partial charge < -0.3 is 4.42 Å². The zero-order valence-electron chi connectivity index (χ0n) is 29.0. The topological polar surface area (TPSA) is 51.8 Å². The van der Waals surface area contributed by atoms with E-state index in [0.717, 1.165) is 15.6 Å². The SMILES string of the molecule is [2H]c1c([2H])c([2H])c2c(oc3c([2H])c(-c4nc(-c5ccccc5)nc(-c5ccc6c(c5)sc5ccccc56)n4)c([2H])c([2H])c32)c1-c1ccccc1. The highest BCUT2D eigenvalue weighted by Crippen LogP contribution is 2.38.